The van der Waals surface area contributed by atoms with E-state index in [9.17, 15) is 9.59 Å². The maximum Gasteiger partial charge on any atom is 0.244 e. The van der Waals surface area contributed by atoms with Gasteiger partial charge in [-0.3, -0.25) is 9.59 Å². The summed E-state index contributed by atoms with van der Waals surface area (Å²) in [6, 6.07) is 9.15. The molecule has 25 heavy (non-hydrogen) atoms. The summed E-state index contributed by atoms with van der Waals surface area (Å²) < 4.78 is 5.21. The minimum Gasteiger partial charge on any atom is -0.339 e. The van der Waals surface area contributed by atoms with Crippen molar-refractivity contribution in [2.24, 2.45) is 0 Å². The van der Waals surface area contributed by atoms with Crippen molar-refractivity contribution in [1.82, 2.24) is 10.1 Å². The summed E-state index contributed by atoms with van der Waals surface area (Å²) in [5.41, 5.74) is 2.24. The van der Waals surface area contributed by atoms with Crippen LogP contribution in [0.25, 0.3) is 11.4 Å². The Balaban J connectivity index is 1.45. The summed E-state index contributed by atoms with van der Waals surface area (Å²) in [7, 11) is 0. The SMILES string of the molecule is O=C1CN(C(=O)CCc2nc(-c3ccsc3)no2)c2ccccc2N1. The van der Waals surface area contributed by atoms with Crippen LogP contribution in [0.5, 0.6) is 0 Å². The number of thiophene rings is 1. The van der Waals surface area contributed by atoms with E-state index < -0.39 is 0 Å². The number of hydrogen-bond donors (Lipinski definition) is 1. The molecule has 1 N–H and O–H groups in total. The van der Waals surface area contributed by atoms with E-state index in [0.717, 1.165) is 5.56 Å². The van der Waals surface area contributed by atoms with Gasteiger partial charge in [-0.05, 0) is 23.6 Å². The van der Waals surface area contributed by atoms with E-state index in [2.05, 4.69) is 15.5 Å². The lowest BCUT2D eigenvalue weighted by atomic mass is 10.1. The van der Waals surface area contributed by atoms with Crippen LogP contribution in [0.1, 0.15) is 12.3 Å². The molecule has 0 unspecified atom stereocenters. The van der Waals surface area contributed by atoms with Gasteiger partial charge in [0.1, 0.15) is 6.54 Å². The van der Waals surface area contributed by atoms with Crippen LogP contribution >= 0.6 is 11.3 Å². The number of anilines is 2. The summed E-state index contributed by atoms with van der Waals surface area (Å²) in [5.74, 6) is 0.567. The van der Waals surface area contributed by atoms with Crippen LogP contribution < -0.4 is 10.2 Å². The first-order valence-electron chi connectivity index (χ1n) is 7.75. The first-order valence-corrected chi connectivity index (χ1v) is 8.69. The number of nitrogens with zero attached hydrogens (tertiary/aromatic N) is 3. The highest BCUT2D eigenvalue weighted by atomic mass is 32.1. The monoisotopic (exact) mass is 354 g/mol. The Hall–Kier alpha value is -3.00. The van der Waals surface area contributed by atoms with Crippen LogP contribution in [0.2, 0.25) is 0 Å². The molecule has 4 rings (SSSR count). The second-order valence-corrected chi connectivity index (χ2v) is 6.35. The molecular formula is C17H14N4O3S. The molecule has 0 fully saturated rings. The fraction of sp³-hybridized carbons (Fsp3) is 0.176. The molecule has 1 aliphatic rings. The van der Waals surface area contributed by atoms with Gasteiger partial charge in [-0.2, -0.15) is 16.3 Å². The fourth-order valence-corrected chi connectivity index (χ4v) is 3.30. The summed E-state index contributed by atoms with van der Waals surface area (Å²) >= 11 is 1.55. The lowest BCUT2D eigenvalue weighted by molar-refractivity contribution is -0.121. The maximum absolute atomic E-state index is 12.6. The third kappa shape index (κ3) is 3.16. The smallest absolute Gasteiger partial charge is 0.244 e. The molecule has 0 aliphatic carbocycles. The number of carbonyl (C=O) groups is 2. The Morgan fingerprint density at radius 1 is 1.32 bits per heavy atom. The number of para-hydroxylation sites is 2. The molecule has 2 aromatic heterocycles. The Morgan fingerprint density at radius 3 is 3.04 bits per heavy atom. The number of rotatable bonds is 4. The summed E-state index contributed by atoms with van der Waals surface area (Å²) in [6.07, 6.45) is 0.517. The van der Waals surface area contributed by atoms with Crippen molar-refractivity contribution in [3.63, 3.8) is 0 Å². The van der Waals surface area contributed by atoms with Gasteiger partial charge in [-0.25, -0.2) is 0 Å². The summed E-state index contributed by atoms with van der Waals surface area (Å²) in [5, 5.41) is 10.6. The highest BCUT2D eigenvalue weighted by molar-refractivity contribution is 7.08. The van der Waals surface area contributed by atoms with Crippen molar-refractivity contribution in [2.75, 3.05) is 16.8 Å². The van der Waals surface area contributed by atoms with Gasteiger partial charge < -0.3 is 14.7 Å². The molecule has 8 heteroatoms. The number of aromatic nitrogens is 2. The van der Waals surface area contributed by atoms with E-state index >= 15 is 0 Å². The molecule has 3 heterocycles. The van der Waals surface area contributed by atoms with Crippen LogP contribution in [-0.2, 0) is 16.0 Å². The molecule has 0 saturated heterocycles. The Labute approximate surface area is 147 Å². The van der Waals surface area contributed by atoms with Gasteiger partial charge in [-0.15, -0.1) is 0 Å². The third-order valence-corrected chi connectivity index (χ3v) is 4.56. The van der Waals surface area contributed by atoms with Gasteiger partial charge in [0, 0.05) is 23.8 Å². The van der Waals surface area contributed by atoms with E-state index in [0.29, 0.717) is 29.5 Å². The molecule has 7 nitrogen and oxygen atoms in total. The standard InChI is InChI=1S/C17H14N4O3S/c22-14-9-21(13-4-2-1-3-12(13)18-14)16(23)6-5-15-19-17(20-24-15)11-7-8-25-10-11/h1-4,7-8,10H,5-6,9H2,(H,18,22). The fourth-order valence-electron chi connectivity index (χ4n) is 2.67. The van der Waals surface area contributed by atoms with Crippen molar-refractivity contribution in [3.8, 4) is 11.4 Å². The van der Waals surface area contributed by atoms with E-state index in [1.165, 1.54) is 4.90 Å². The number of nitrogens with one attached hydrogen (secondary N) is 1. The lowest BCUT2D eigenvalue weighted by Crippen LogP contribution is -2.42. The second kappa shape index (κ2) is 6.48. The molecule has 126 valence electrons. The van der Waals surface area contributed by atoms with E-state index in [-0.39, 0.29) is 24.8 Å². The van der Waals surface area contributed by atoms with Crippen molar-refractivity contribution in [2.45, 2.75) is 12.8 Å². The van der Waals surface area contributed by atoms with Gasteiger partial charge in [0.2, 0.25) is 23.5 Å². The highest BCUT2D eigenvalue weighted by Crippen LogP contribution is 2.29. The minimum absolute atomic E-state index is 0.0137. The molecule has 3 aromatic rings. The number of benzene rings is 1. The molecule has 0 atom stereocenters. The minimum atomic E-state index is -0.204. The average molecular weight is 354 g/mol. The molecule has 1 aromatic carbocycles. The highest BCUT2D eigenvalue weighted by Gasteiger charge is 2.26. The normalized spacial score (nSPS) is 13.4. The van der Waals surface area contributed by atoms with Gasteiger partial charge in [0.05, 0.1) is 11.4 Å². The molecule has 0 bridgehead atoms. The van der Waals surface area contributed by atoms with Gasteiger partial charge in [0.25, 0.3) is 0 Å². The van der Waals surface area contributed by atoms with Crippen LogP contribution in [0.3, 0.4) is 0 Å². The van der Waals surface area contributed by atoms with Crippen LogP contribution in [0.4, 0.5) is 11.4 Å². The van der Waals surface area contributed by atoms with Crippen molar-refractivity contribution < 1.29 is 14.1 Å². The first-order chi connectivity index (χ1) is 12.2. The predicted molar refractivity (Wildman–Crippen MR) is 93.4 cm³/mol. The van der Waals surface area contributed by atoms with Crippen molar-refractivity contribution in [1.29, 1.82) is 0 Å². The largest absolute Gasteiger partial charge is 0.339 e. The quantitative estimate of drug-likeness (QED) is 0.778. The topological polar surface area (TPSA) is 88.3 Å². The predicted octanol–water partition coefficient (Wildman–Crippen LogP) is 2.72. The maximum atomic E-state index is 12.6. The number of fused-ring (bicyclic) bond motifs is 1. The van der Waals surface area contributed by atoms with Crippen LogP contribution in [0, 0.1) is 0 Å². The molecule has 2 amide bonds. The summed E-state index contributed by atoms with van der Waals surface area (Å²) in [6.45, 7) is 0.0137. The average Bonchev–Trinajstić information content (AvgIpc) is 3.30. The zero-order valence-electron chi connectivity index (χ0n) is 13.1. The first kappa shape index (κ1) is 15.5. The zero-order chi connectivity index (χ0) is 17.2. The van der Waals surface area contributed by atoms with Crippen LogP contribution in [-0.4, -0.2) is 28.5 Å². The Bertz CT molecular complexity index is 920. The van der Waals surface area contributed by atoms with Crippen molar-refractivity contribution in [3.05, 3.63) is 47.0 Å². The van der Waals surface area contributed by atoms with E-state index in [4.69, 9.17) is 4.52 Å². The molecule has 0 saturated carbocycles. The Morgan fingerprint density at radius 2 is 2.20 bits per heavy atom. The van der Waals surface area contributed by atoms with E-state index in [1.807, 2.05) is 35.0 Å². The Kier molecular flexibility index (Phi) is 4.02. The number of carbonyl (C=O) groups excluding carboxylic acids is 2. The van der Waals surface area contributed by atoms with Crippen molar-refractivity contribution >= 4 is 34.5 Å². The zero-order valence-corrected chi connectivity index (χ0v) is 14.0. The number of amides is 2. The molecule has 1 aliphatic heterocycles. The lowest BCUT2D eigenvalue weighted by Gasteiger charge is -2.29. The van der Waals surface area contributed by atoms with Gasteiger partial charge >= 0.3 is 0 Å². The van der Waals surface area contributed by atoms with Gasteiger partial charge in [0.15, 0.2) is 0 Å². The number of hydrogen-bond acceptors (Lipinski definition) is 6. The number of aryl methyl sites for hydroxylation is 1. The third-order valence-electron chi connectivity index (χ3n) is 3.87. The van der Waals surface area contributed by atoms with Crippen LogP contribution in [0.15, 0.2) is 45.6 Å². The molecule has 0 radical (unpaired) electrons. The van der Waals surface area contributed by atoms with Gasteiger partial charge in [-0.1, -0.05) is 17.3 Å². The molecule has 0 spiro atoms. The van der Waals surface area contributed by atoms with E-state index in [1.54, 1.807) is 17.4 Å². The second-order valence-electron chi connectivity index (χ2n) is 5.57. The summed E-state index contributed by atoms with van der Waals surface area (Å²) in [4.78, 5) is 30.2. The molecular weight excluding hydrogens is 340 g/mol.